The first-order chi connectivity index (χ1) is 8.02. The maximum Gasteiger partial charge on any atom is 0.242 e. The van der Waals surface area contributed by atoms with E-state index in [1.165, 1.54) is 10.4 Å². The molecule has 0 aliphatic heterocycles. The molecule has 17 heavy (non-hydrogen) atoms. The van der Waals surface area contributed by atoms with E-state index in [4.69, 9.17) is 5.11 Å². The van der Waals surface area contributed by atoms with Crippen molar-refractivity contribution in [3.63, 3.8) is 0 Å². The summed E-state index contributed by atoms with van der Waals surface area (Å²) in [5.74, 6) is 0. The van der Waals surface area contributed by atoms with E-state index in [1.54, 1.807) is 25.2 Å². The van der Waals surface area contributed by atoms with Crippen molar-refractivity contribution in [2.75, 3.05) is 13.6 Å². The Kier molecular flexibility index (Phi) is 5.11. The van der Waals surface area contributed by atoms with Crippen LogP contribution in [0, 0.1) is 0 Å². The normalized spacial score (nSPS) is 12.0. The molecule has 0 spiro atoms. The summed E-state index contributed by atoms with van der Waals surface area (Å²) in [6.07, 6.45) is 1.80. The lowest BCUT2D eigenvalue weighted by atomic mass is 10.2. The first kappa shape index (κ1) is 14.2. The van der Waals surface area contributed by atoms with E-state index in [9.17, 15) is 8.42 Å². The predicted molar refractivity (Wildman–Crippen MR) is 67.1 cm³/mol. The summed E-state index contributed by atoms with van der Waals surface area (Å²) in [5.41, 5.74) is 0.606. The molecule has 0 fully saturated rings. The van der Waals surface area contributed by atoms with Gasteiger partial charge in [0.05, 0.1) is 11.5 Å². The van der Waals surface area contributed by atoms with Gasteiger partial charge in [0.25, 0.3) is 0 Å². The maximum atomic E-state index is 12.2. The van der Waals surface area contributed by atoms with Crippen molar-refractivity contribution in [1.29, 1.82) is 0 Å². The molecule has 1 N–H and O–H groups in total. The Morgan fingerprint density at radius 2 is 2.06 bits per heavy atom. The van der Waals surface area contributed by atoms with E-state index in [1.807, 2.05) is 6.92 Å². The average molecular weight is 257 g/mol. The summed E-state index contributed by atoms with van der Waals surface area (Å²) in [5, 5.41) is 9.00. The molecule has 4 nitrogen and oxygen atoms in total. The number of aliphatic hydroxyl groups is 1. The fourth-order valence-electron chi connectivity index (χ4n) is 1.49. The van der Waals surface area contributed by atoms with E-state index in [-0.39, 0.29) is 11.5 Å². The maximum absolute atomic E-state index is 12.2. The Morgan fingerprint density at radius 3 is 2.65 bits per heavy atom. The van der Waals surface area contributed by atoms with Gasteiger partial charge in [-0.25, -0.2) is 12.7 Å². The fourth-order valence-corrected chi connectivity index (χ4v) is 2.77. The molecule has 0 atom stereocenters. The summed E-state index contributed by atoms with van der Waals surface area (Å²) >= 11 is 0. The second-order valence-electron chi connectivity index (χ2n) is 3.99. The third-order valence-corrected chi connectivity index (χ3v) is 4.47. The van der Waals surface area contributed by atoms with Crippen LogP contribution in [-0.2, 0) is 16.6 Å². The van der Waals surface area contributed by atoms with E-state index in [2.05, 4.69) is 0 Å². The number of aliphatic hydroxyl groups excluding tert-OH is 1. The second kappa shape index (κ2) is 6.14. The van der Waals surface area contributed by atoms with Crippen molar-refractivity contribution < 1.29 is 13.5 Å². The largest absolute Gasteiger partial charge is 0.392 e. The lowest BCUT2D eigenvalue weighted by molar-refractivity contribution is 0.281. The van der Waals surface area contributed by atoms with Crippen molar-refractivity contribution in [2.45, 2.75) is 31.3 Å². The quantitative estimate of drug-likeness (QED) is 0.842. The van der Waals surface area contributed by atoms with Gasteiger partial charge in [-0.05, 0) is 24.1 Å². The van der Waals surface area contributed by atoms with Gasteiger partial charge in [-0.15, -0.1) is 0 Å². The van der Waals surface area contributed by atoms with Crippen LogP contribution >= 0.6 is 0 Å². The zero-order chi connectivity index (χ0) is 12.9. The minimum absolute atomic E-state index is 0.151. The van der Waals surface area contributed by atoms with Crippen LogP contribution in [0.5, 0.6) is 0 Å². The molecule has 0 saturated heterocycles. The van der Waals surface area contributed by atoms with Crippen LogP contribution in [-0.4, -0.2) is 31.4 Å². The highest BCUT2D eigenvalue weighted by Crippen LogP contribution is 2.16. The minimum Gasteiger partial charge on any atom is -0.392 e. The molecule has 0 unspecified atom stereocenters. The lowest BCUT2D eigenvalue weighted by Crippen LogP contribution is -2.28. The zero-order valence-electron chi connectivity index (χ0n) is 10.3. The number of hydrogen-bond acceptors (Lipinski definition) is 3. The molecule has 5 heteroatoms. The van der Waals surface area contributed by atoms with Crippen molar-refractivity contribution in [1.82, 2.24) is 4.31 Å². The number of hydrogen-bond donors (Lipinski definition) is 1. The second-order valence-corrected chi connectivity index (χ2v) is 6.03. The molecule has 1 aromatic carbocycles. The van der Waals surface area contributed by atoms with E-state index < -0.39 is 10.0 Å². The number of unbranched alkanes of at least 4 members (excludes halogenated alkanes) is 1. The first-order valence-corrected chi connectivity index (χ1v) is 7.12. The van der Waals surface area contributed by atoms with Gasteiger partial charge in [-0.2, -0.15) is 0 Å². The topological polar surface area (TPSA) is 57.6 Å². The smallest absolute Gasteiger partial charge is 0.242 e. The Hall–Kier alpha value is -0.910. The molecule has 96 valence electrons. The highest BCUT2D eigenvalue weighted by molar-refractivity contribution is 7.89. The van der Waals surface area contributed by atoms with Crippen LogP contribution in [0.15, 0.2) is 29.2 Å². The molecule has 0 aromatic heterocycles. The molecule has 0 saturated carbocycles. The van der Waals surface area contributed by atoms with Crippen LogP contribution in [0.2, 0.25) is 0 Å². The van der Waals surface area contributed by atoms with Gasteiger partial charge in [0, 0.05) is 13.6 Å². The van der Waals surface area contributed by atoms with Crippen LogP contribution < -0.4 is 0 Å². The third kappa shape index (κ3) is 3.52. The summed E-state index contributed by atoms with van der Waals surface area (Å²) in [6.45, 7) is 2.39. The van der Waals surface area contributed by atoms with Crippen molar-refractivity contribution in [2.24, 2.45) is 0 Å². The van der Waals surface area contributed by atoms with Gasteiger partial charge in [0.1, 0.15) is 0 Å². The third-order valence-electron chi connectivity index (χ3n) is 2.62. The minimum atomic E-state index is -3.42. The molecule has 1 aromatic rings. The Labute approximate surface area is 103 Å². The van der Waals surface area contributed by atoms with Gasteiger partial charge in [-0.3, -0.25) is 0 Å². The van der Waals surface area contributed by atoms with Gasteiger partial charge in [0.2, 0.25) is 10.0 Å². The van der Waals surface area contributed by atoms with Crippen LogP contribution in [0.3, 0.4) is 0 Å². The molecule has 0 radical (unpaired) electrons. The van der Waals surface area contributed by atoms with E-state index >= 15 is 0 Å². The molecule has 1 rings (SSSR count). The first-order valence-electron chi connectivity index (χ1n) is 5.68. The lowest BCUT2D eigenvalue weighted by Gasteiger charge is -2.17. The molecule has 0 aliphatic rings. The molecule has 0 heterocycles. The number of rotatable bonds is 6. The van der Waals surface area contributed by atoms with Gasteiger partial charge >= 0.3 is 0 Å². The standard InChI is InChI=1S/C12H19NO3S/c1-3-4-8-13(2)17(15,16)12-7-5-6-11(9-12)10-14/h5-7,9,14H,3-4,8,10H2,1-2H3. The molecule has 0 bridgehead atoms. The monoisotopic (exact) mass is 257 g/mol. The average Bonchev–Trinajstić information content (AvgIpc) is 2.35. The molecular formula is C12H19NO3S. The van der Waals surface area contributed by atoms with Gasteiger partial charge in [-0.1, -0.05) is 25.5 Å². The highest BCUT2D eigenvalue weighted by atomic mass is 32.2. The van der Waals surface area contributed by atoms with Crippen LogP contribution in [0.25, 0.3) is 0 Å². The summed E-state index contributed by atoms with van der Waals surface area (Å²) in [7, 11) is -1.84. The summed E-state index contributed by atoms with van der Waals surface area (Å²) < 4.78 is 25.7. The van der Waals surface area contributed by atoms with Crippen LogP contribution in [0.1, 0.15) is 25.3 Å². The SMILES string of the molecule is CCCCN(C)S(=O)(=O)c1cccc(CO)c1. The van der Waals surface area contributed by atoms with Crippen molar-refractivity contribution in [3.05, 3.63) is 29.8 Å². The Balaban J connectivity index is 2.95. The molecular weight excluding hydrogens is 238 g/mol. The summed E-state index contributed by atoms with van der Waals surface area (Å²) in [4.78, 5) is 0.239. The molecule has 0 aliphatic carbocycles. The Bertz CT molecular complexity index is 457. The highest BCUT2D eigenvalue weighted by Gasteiger charge is 2.20. The zero-order valence-corrected chi connectivity index (χ0v) is 11.1. The van der Waals surface area contributed by atoms with Gasteiger partial charge < -0.3 is 5.11 Å². The number of nitrogens with zero attached hydrogens (tertiary/aromatic N) is 1. The van der Waals surface area contributed by atoms with Crippen molar-refractivity contribution in [3.8, 4) is 0 Å². The van der Waals surface area contributed by atoms with E-state index in [0.29, 0.717) is 12.1 Å². The summed E-state index contributed by atoms with van der Waals surface area (Å²) in [6, 6.07) is 6.41. The number of benzene rings is 1. The van der Waals surface area contributed by atoms with E-state index in [0.717, 1.165) is 12.8 Å². The van der Waals surface area contributed by atoms with Gasteiger partial charge in [0.15, 0.2) is 0 Å². The molecule has 0 amide bonds. The Morgan fingerprint density at radius 1 is 1.35 bits per heavy atom. The fraction of sp³-hybridized carbons (Fsp3) is 0.500. The predicted octanol–water partition coefficient (Wildman–Crippen LogP) is 1.60. The van der Waals surface area contributed by atoms with Crippen molar-refractivity contribution >= 4 is 10.0 Å². The van der Waals surface area contributed by atoms with Crippen LogP contribution in [0.4, 0.5) is 0 Å². The number of sulfonamides is 1.